The van der Waals surface area contributed by atoms with Crippen molar-refractivity contribution in [1.82, 2.24) is 9.29 Å². The second-order valence-electron chi connectivity index (χ2n) is 7.30. The van der Waals surface area contributed by atoms with Gasteiger partial charge in [0.1, 0.15) is 0 Å². The van der Waals surface area contributed by atoms with Crippen molar-refractivity contribution in [1.29, 1.82) is 0 Å². The van der Waals surface area contributed by atoms with Crippen molar-refractivity contribution >= 4 is 44.3 Å². The molecule has 0 saturated carbocycles. The fourth-order valence-electron chi connectivity index (χ4n) is 3.40. The second kappa shape index (κ2) is 9.91. The van der Waals surface area contributed by atoms with Gasteiger partial charge in [0, 0.05) is 29.1 Å². The first-order valence-corrected chi connectivity index (χ1v) is 12.8. The van der Waals surface area contributed by atoms with E-state index >= 15 is 0 Å². The van der Waals surface area contributed by atoms with Gasteiger partial charge in [0.2, 0.25) is 15.2 Å². The number of nitrogens with one attached hydrogen (secondary N) is 1. The lowest BCUT2D eigenvalue weighted by molar-refractivity contribution is 0.424. The molecule has 1 saturated heterocycles. The molecule has 1 fully saturated rings. The third-order valence-electron chi connectivity index (χ3n) is 5.10. The summed E-state index contributed by atoms with van der Waals surface area (Å²) in [6.07, 6.45) is 5.72. The first-order chi connectivity index (χ1) is 15.0. The molecular weight excluding hydrogens is 452 g/mol. The van der Waals surface area contributed by atoms with Crippen LogP contribution in [0.5, 0.6) is 0 Å². The molecule has 1 aliphatic heterocycles. The quantitative estimate of drug-likeness (QED) is 0.379. The van der Waals surface area contributed by atoms with Gasteiger partial charge in [0.25, 0.3) is 0 Å². The lowest BCUT2D eigenvalue weighted by Crippen LogP contribution is -2.31. The Balaban J connectivity index is 1.42. The first kappa shape index (κ1) is 22.0. The molecular formula is C22H23ClN4O2S2. The van der Waals surface area contributed by atoms with E-state index in [1.165, 1.54) is 11.3 Å². The minimum atomic E-state index is -3.44. The highest BCUT2D eigenvalue weighted by molar-refractivity contribution is 7.89. The highest BCUT2D eigenvalue weighted by atomic mass is 35.5. The van der Waals surface area contributed by atoms with Gasteiger partial charge in [-0.15, -0.1) is 11.3 Å². The van der Waals surface area contributed by atoms with E-state index in [1.54, 1.807) is 46.9 Å². The van der Waals surface area contributed by atoms with Crippen LogP contribution in [0.2, 0.25) is 5.02 Å². The molecule has 2 heterocycles. The molecule has 1 aromatic heterocycles. The molecule has 0 unspecified atom stereocenters. The highest BCUT2D eigenvalue weighted by Gasteiger charge is 2.25. The Hall–Kier alpha value is -2.26. The van der Waals surface area contributed by atoms with E-state index < -0.39 is 10.0 Å². The average molecular weight is 475 g/mol. The van der Waals surface area contributed by atoms with E-state index in [9.17, 15) is 8.42 Å². The Morgan fingerprint density at radius 3 is 2.35 bits per heavy atom. The van der Waals surface area contributed by atoms with Gasteiger partial charge in [-0.3, -0.25) is 5.43 Å². The summed E-state index contributed by atoms with van der Waals surface area (Å²) in [6.45, 7) is 1.20. The zero-order valence-electron chi connectivity index (χ0n) is 16.9. The molecule has 9 heteroatoms. The summed E-state index contributed by atoms with van der Waals surface area (Å²) in [4.78, 5) is 4.87. The maximum Gasteiger partial charge on any atom is 0.243 e. The molecule has 1 aliphatic rings. The molecule has 162 valence electrons. The number of halogens is 1. The summed E-state index contributed by atoms with van der Waals surface area (Å²) in [6, 6.07) is 14.3. The molecule has 1 N–H and O–H groups in total. The van der Waals surface area contributed by atoms with Crippen LogP contribution in [0.3, 0.4) is 0 Å². The molecule has 0 atom stereocenters. The number of hydrogen-bond acceptors (Lipinski definition) is 6. The van der Waals surface area contributed by atoms with Crippen LogP contribution in [0.1, 0.15) is 31.2 Å². The van der Waals surface area contributed by atoms with Crippen LogP contribution in [-0.2, 0) is 10.0 Å². The van der Waals surface area contributed by atoms with E-state index in [2.05, 4.69) is 15.5 Å². The van der Waals surface area contributed by atoms with Crippen LogP contribution in [0.25, 0.3) is 11.3 Å². The summed E-state index contributed by atoms with van der Waals surface area (Å²) in [7, 11) is -3.44. The fourth-order valence-corrected chi connectivity index (χ4v) is 5.71. The Morgan fingerprint density at radius 1 is 1.00 bits per heavy atom. The molecule has 6 nitrogen and oxygen atoms in total. The van der Waals surface area contributed by atoms with Gasteiger partial charge < -0.3 is 0 Å². The molecule has 0 bridgehead atoms. The number of sulfonamides is 1. The molecule has 0 aliphatic carbocycles. The predicted octanol–water partition coefficient (Wildman–Crippen LogP) is 5.47. The molecule has 31 heavy (non-hydrogen) atoms. The summed E-state index contributed by atoms with van der Waals surface area (Å²) >= 11 is 7.31. The zero-order chi connectivity index (χ0) is 21.7. The lowest BCUT2D eigenvalue weighted by Gasteiger charge is -2.19. The van der Waals surface area contributed by atoms with Gasteiger partial charge in [-0.1, -0.05) is 48.7 Å². The van der Waals surface area contributed by atoms with E-state index in [-0.39, 0.29) is 0 Å². The van der Waals surface area contributed by atoms with Gasteiger partial charge in [0.05, 0.1) is 16.8 Å². The monoisotopic (exact) mass is 474 g/mol. The maximum atomic E-state index is 12.9. The maximum absolute atomic E-state index is 12.9. The molecule has 0 spiro atoms. The summed E-state index contributed by atoms with van der Waals surface area (Å²) in [5.41, 5.74) is 5.48. The Bertz CT molecular complexity index is 1140. The van der Waals surface area contributed by atoms with Crippen LogP contribution >= 0.6 is 22.9 Å². The Labute approximate surface area is 191 Å². The van der Waals surface area contributed by atoms with E-state index in [0.717, 1.165) is 42.5 Å². The number of aromatic nitrogens is 1. The molecule has 0 amide bonds. The van der Waals surface area contributed by atoms with Crippen molar-refractivity contribution in [3.05, 3.63) is 64.5 Å². The van der Waals surface area contributed by atoms with Crippen molar-refractivity contribution in [3.63, 3.8) is 0 Å². The van der Waals surface area contributed by atoms with Gasteiger partial charge >= 0.3 is 0 Å². The van der Waals surface area contributed by atoms with Gasteiger partial charge in [-0.2, -0.15) is 9.41 Å². The van der Waals surface area contributed by atoms with E-state index in [1.807, 2.05) is 17.5 Å². The third kappa shape index (κ3) is 5.51. The number of thiazole rings is 1. The third-order valence-corrected chi connectivity index (χ3v) is 8.01. The minimum Gasteiger partial charge on any atom is -0.253 e. The average Bonchev–Trinajstić information content (AvgIpc) is 3.07. The van der Waals surface area contributed by atoms with Crippen molar-refractivity contribution in [2.75, 3.05) is 18.5 Å². The number of rotatable bonds is 6. The van der Waals surface area contributed by atoms with Crippen molar-refractivity contribution < 1.29 is 8.42 Å². The van der Waals surface area contributed by atoms with Crippen LogP contribution in [-0.4, -0.2) is 37.0 Å². The largest absolute Gasteiger partial charge is 0.253 e. The molecule has 3 aromatic rings. The van der Waals surface area contributed by atoms with Crippen LogP contribution < -0.4 is 5.43 Å². The number of hydrazone groups is 1. The van der Waals surface area contributed by atoms with E-state index in [4.69, 9.17) is 11.6 Å². The number of hydrogen-bond donors (Lipinski definition) is 1. The molecule has 0 radical (unpaired) electrons. The van der Waals surface area contributed by atoms with Crippen LogP contribution in [0.4, 0.5) is 5.13 Å². The standard InChI is InChI=1S/C22H23ClN4O2S2/c23-19-9-5-17(6-10-19)15-24-26-22-25-21(16-30-22)18-7-11-20(12-8-18)31(28,29)27-13-3-1-2-4-14-27/h5-12,15-16H,1-4,13-14H2,(H,25,26)/b24-15+. The second-order valence-corrected chi connectivity index (χ2v) is 10.5. The van der Waals surface area contributed by atoms with E-state index in [0.29, 0.717) is 28.1 Å². The Kier molecular flexibility index (Phi) is 7.02. The predicted molar refractivity (Wildman–Crippen MR) is 127 cm³/mol. The van der Waals surface area contributed by atoms with Crippen molar-refractivity contribution in [2.24, 2.45) is 5.10 Å². The number of nitrogens with zero attached hydrogens (tertiary/aromatic N) is 3. The SMILES string of the molecule is O=S(=O)(c1ccc(-c2csc(N/N=C/c3ccc(Cl)cc3)n2)cc1)N1CCCCCC1. The summed E-state index contributed by atoms with van der Waals surface area (Å²) < 4.78 is 27.5. The fraction of sp³-hybridized carbons (Fsp3) is 0.273. The van der Waals surface area contributed by atoms with Crippen LogP contribution in [0, 0.1) is 0 Å². The van der Waals surface area contributed by atoms with Crippen LogP contribution in [0.15, 0.2) is 63.9 Å². The van der Waals surface area contributed by atoms with Crippen molar-refractivity contribution in [3.8, 4) is 11.3 Å². The number of anilines is 1. The Morgan fingerprint density at radius 2 is 1.68 bits per heavy atom. The zero-order valence-corrected chi connectivity index (χ0v) is 19.3. The smallest absolute Gasteiger partial charge is 0.243 e. The molecule has 2 aromatic carbocycles. The van der Waals surface area contributed by atoms with Gasteiger partial charge in [-0.05, 0) is 42.7 Å². The number of benzene rings is 2. The lowest BCUT2D eigenvalue weighted by atomic mass is 10.2. The summed E-state index contributed by atoms with van der Waals surface area (Å²) in [5, 5.41) is 7.45. The normalized spacial score (nSPS) is 15.8. The minimum absolute atomic E-state index is 0.333. The van der Waals surface area contributed by atoms with Gasteiger partial charge in [0.15, 0.2) is 0 Å². The van der Waals surface area contributed by atoms with Crippen molar-refractivity contribution in [2.45, 2.75) is 30.6 Å². The first-order valence-electron chi connectivity index (χ1n) is 10.1. The topological polar surface area (TPSA) is 74.7 Å². The molecule has 4 rings (SSSR count). The summed E-state index contributed by atoms with van der Waals surface area (Å²) in [5.74, 6) is 0. The van der Waals surface area contributed by atoms with Gasteiger partial charge in [-0.25, -0.2) is 13.4 Å². The highest BCUT2D eigenvalue weighted by Crippen LogP contribution is 2.27.